The van der Waals surface area contributed by atoms with Gasteiger partial charge in [-0.25, -0.2) is 0 Å². The molecule has 5 N–H and O–H groups in total. The number of benzene rings is 2. The van der Waals surface area contributed by atoms with Gasteiger partial charge < -0.3 is 10.8 Å². The van der Waals surface area contributed by atoms with Crippen molar-refractivity contribution in [2.45, 2.75) is 25.5 Å². The normalized spacial score (nSPS) is 13.2. The standard InChI is InChI=1S/C18H23N3O3S/c1-2-25-11-10-15(19)16(22)18(24)21-20-17(23)14-9-5-7-12-6-3-4-8-13(12)14/h3-9,15-16,22H,2,10-11,19H2,1H3,(H,20,23)(H,21,24)/t15-,16?/m1/s1. The number of amides is 2. The molecule has 25 heavy (non-hydrogen) atoms. The molecule has 2 aromatic rings. The molecule has 1 unspecified atom stereocenters. The van der Waals surface area contributed by atoms with E-state index in [0.717, 1.165) is 22.3 Å². The largest absolute Gasteiger partial charge is 0.382 e. The maximum absolute atomic E-state index is 12.3. The molecule has 0 saturated carbocycles. The van der Waals surface area contributed by atoms with Crippen LogP contribution >= 0.6 is 11.8 Å². The Morgan fingerprint density at radius 1 is 1.16 bits per heavy atom. The number of hydrogen-bond acceptors (Lipinski definition) is 5. The Kier molecular flexibility index (Phi) is 7.24. The third-order valence-electron chi connectivity index (χ3n) is 3.81. The summed E-state index contributed by atoms with van der Waals surface area (Å²) in [4.78, 5) is 24.3. The monoisotopic (exact) mass is 361 g/mol. The molecule has 7 heteroatoms. The van der Waals surface area contributed by atoms with E-state index in [9.17, 15) is 14.7 Å². The predicted molar refractivity (Wildman–Crippen MR) is 101 cm³/mol. The first-order valence-corrected chi connectivity index (χ1v) is 9.29. The quantitative estimate of drug-likeness (QED) is 0.441. The average Bonchev–Trinajstić information content (AvgIpc) is 2.64. The number of carbonyl (C=O) groups excluding carboxylic acids is 2. The second-order valence-electron chi connectivity index (χ2n) is 5.56. The highest BCUT2D eigenvalue weighted by Gasteiger charge is 2.23. The first-order valence-electron chi connectivity index (χ1n) is 8.14. The Morgan fingerprint density at radius 2 is 1.88 bits per heavy atom. The third-order valence-corrected chi connectivity index (χ3v) is 4.74. The Labute approximate surface area is 151 Å². The summed E-state index contributed by atoms with van der Waals surface area (Å²) in [5.74, 6) is 0.551. The van der Waals surface area contributed by atoms with Gasteiger partial charge in [0.2, 0.25) is 0 Å². The zero-order chi connectivity index (χ0) is 18.2. The molecule has 6 nitrogen and oxygen atoms in total. The van der Waals surface area contributed by atoms with Gasteiger partial charge in [0.1, 0.15) is 6.10 Å². The number of hydrazine groups is 1. The number of carbonyl (C=O) groups is 2. The van der Waals surface area contributed by atoms with Crippen LogP contribution in [0.3, 0.4) is 0 Å². The molecule has 0 aliphatic heterocycles. The van der Waals surface area contributed by atoms with Gasteiger partial charge in [0, 0.05) is 11.6 Å². The van der Waals surface area contributed by atoms with Crippen molar-refractivity contribution in [2.24, 2.45) is 5.73 Å². The van der Waals surface area contributed by atoms with Crippen LogP contribution in [0, 0.1) is 0 Å². The Bertz CT molecular complexity index is 733. The van der Waals surface area contributed by atoms with E-state index in [0.29, 0.717) is 12.0 Å². The van der Waals surface area contributed by atoms with Gasteiger partial charge >= 0.3 is 0 Å². The molecule has 0 radical (unpaired) electrons. The molecule has 0 bridgehead atoms. The molecule has 134 valence electrons. The van der Waals surface area contributed by atoms with Crippen LogP contribution in [-0.4, -0.2) is 40.6 Å². The Hall–Kier alpha value is -2.09. The summed E-state index contributed by atoms with van der Waals surface area (Å²) in [7, 11) is 0. The van der Waals surface area contributed by atoms with Gasteiger partial charge in [-0.05, 0) is 34.8 Å². The van der Waals surface area contributed by atoms with E-state index in [2.05, 4.69) is 10.9 Å². The van der Waals surface area contributed by atoms with Gasteiger partial charge in [-0.2, -0.15) is 11.8 Å². The maximum Gasteiger partial charge on any atom is 0.270 e. The van der Waals surface area contributed by atoms with Gasteiger partial charge in [0.05, 0.1) is 0 Å². The topological polar surface area (TPSA) is 104 Å². The van der Waals surface area contributed by atoms with E-state index < -0.39 is 24.0 Å². The van der Waals surface area contributed by atoms with Crippen LogP contribution in [-0.2, 0) is 4.79 Å². The summed E-state index contributed by atoms with van der Waals surface area (Å²) in [5, 5.41) is 11.7. The summed E-state index contributed by atoms with van der Waals surface area (Å²) in [6.07, 6.45) is -0.852. The number of fused-ring (bicyclic) bond motifs is 1. The van der Waals surface area contributed by atoms with Crippen LogP contribution in [0.15, 0.2) is 42.5 Å². The molecule has 0 spiro atoms. The zero-order valence-electron chi connectivity index (χ0n) is 14.1. The smallest absolute Gasteiger partial charge is 0.270 e. The van der Waals surface area contributed by atoms with Crippen molar-refractivity contribution < 1.29 is 14.7 Å². The molecule has 0 fully saturated rings. The van der Waals surface area contributed by atoms with E-state index in [1.54, 1.807) is 23.9 Å². The second kappa shape index (κ2) is 9.41. The summed E-state index contributed by atoms with van der Waals surface area (Å²) in [5.41, 5.74) is 10.8. The highest BCUT2D eigenvalue weighted by atomic mass is 32.2. The fourth-order valence-electron chi connectivity index (χ4n) is 2.40. The highest BCUT2D eigenvalue weighted by Crippen LogP contribution is 2.18. The van der Waals surface area contributed by atoms with Crippen molar-refractivity contribution in [3.63, 3.8) is 0 Å². The van der Waals surface area contributed by atoms with Gasteiger partial charge in [0.15, 0.2) is 0 Å². The van der Waals surface area contributed by atoms with Gasteiger partial charge in [-0.15, -0.1) is 0 Å². The van der Waals surface area contributed by atoms with Crippen LogP contribution in [0.1, 0.15) is 23.7 Å². The minimum absolute atomic E-state index is 0.441. The van der Waals surface area contributed by atoms with Gasteiger partial charge in [-0.3, -0.25) is 20.4 Å². The summed E-state index contributed by atoms with van der Waals surface area (Å²) >= 11 is 1.69. The lowest BCUT2D eigenvalue weighted by Gasteiger charge is -2.18. The van der Waals surface area contributed by atoms with E-state index in [4.69, 9.17) is 5.73 Å². The van der Waals surface area contributed by atoms with Crippen LogP contribution in [0.4, 0.5) is 0 Å². The number of nitrogens with one attached hydrogen (secondary N) is 2. The lowest BCUT2D eigenvalue weighted by atomic mass is 10.0. The predicted octanol–water partition coefficient (Wildman–Crippen LogP) is 1.43. The van der Waals surface area contributed by atoms with E-state index >= 15 is 0 Å². The molecule has 0 aliphatic carbocycles. The lowest BCUT2D eigenvalue weighted by molar-refractivity contribution is -0.131. The number of aliphatic hydroxyl groups excluding tert-OH is 1. The summed E-state index contributed by atoms with van der Waals surface area (Å²) in [6, 6.07) is 12.2. The van der Waals surface area contributed by atoms with E-state index in [1.807, 2.05) is 37.3 Å². The maximum atomic E-state index is 12.3. The fraction of sp³-hybridized carbons (Fsp3) is 0.333. The summed E-state index contributed by atoms with van der Waals surface area (Å²) in [6.45, 7) is 2.03. The van der Waals surface area contributed by atoms with E-state index in [1.165, 1.54) is 0 Å². The van der Waals surface area contributed by atoms with Crippen LogP contribution in [0.5, 0.6) is 0 Å². The van der Waals surface area contributed by atoms with Crippen molar-refractivity contribution in [1.29, 1.82) is 0 Å². The van der Waals surface area contributed by atoms with Crippen LogP contribution < -0.4 is 16.6 Å². The van der Waals surface area contributed by atoms with E-state index in [-0.39, 0.29) is 0 Å². The fourth-order valence-corrected chi connectivity index (χ4v) is 3.13. The molecule has 0 aromatic heterocycles. The van der Waals surface area contributed by atoms with Crippen LogP contribution in [0.25, 0.3) is 10.8 Å². The van der Waals surface area contributed by atoms with Gasteiger partial charge in [-0.1, -0.05) is 43.3 Å². The third kappa shape index (κ3) is 5.19. The zero-order valence-corrected chi connectivity index (χ0v) is 14.9. The van der Waals surface area contributed by atoms with Crippen molar-refractivity contribution in [3.05, 3.63) is 48.0 Å². The molecular weight excluding hydrogens is 338 g/mol. The molecule has 2 amide bonds. The minimum Gasteiger partial charge on any atom is -0.382 e. The molecule has 0 saturated heterocycles. The lowest BCUT2D eigenvalue weighted by Crippen LogP contribution is -2.52. The van der Waals surface area contributed by atoms with Crippen molar-refractivity contribution in [1.82, 2.24) is 10.9 Å². The average molecular weight is 361 g/mol. The number of nitrogens with two attached hydrogens (primary N) is 1. The minimum atomic E-state index is -1.37. The molecular formula is C18H23N3O3S. The Balaban J connectivity index is 1.93. The van der Waals surface area contributed by atoms with Crippen molar-refractivity contribution in [2.75, 3.05) is 11.5 Å². The van der Waals surface area contributed by atoms with Gasteiger partial charge in [0.25, 0.3) is 11.8 Å². The first-order chi connectivity index (χ1) is 12.0. The SMILES string of the molecule is CCSCC[C@@H](N)C(O)C(=O)NNC(=O)c1cccc2ccccc12. The molecule has 2 atom stereocenters. The van der Waals surface area contributed by atoms with Crippen LogP contribution in [0.2, 0.25) is 0 Å². The molecule has 0 heterocycles. The first kappa shape index (κ1) is 19.2. The number of thioether (sulfide) groups is 1. The number of rotatable bonds is 7. The van der Waals surface area contributed by atoms with Crippen molar-refractivity contribution >= 4 is 34.3 Å². The number of aliphatic hydroxyl groups is 1. The Morgan fingerprint density at radius 3 is 2.64 bits per heavy atom. The molecule has 2 rings (SSSR count). The van der Waals surface area contributed by atoms with Crippen molar-refractivity contribution in [3.8, 4) is 0 Å². The highest BCUT2D eigenvalue weighted by molar-refractivity contribution is 7.99. The number of hydrogen-bond donors (Lipinski definition) is 4. The second-order valence-corrected chi connectivity index (χ2v) is 6.96. The summed E-state index contributed by atoms with van der Waals surface area (Å²) < 4.78 is 0. The molecule has 2 aromatic carbocycles. The molecule has 0 aliphatic rings.